The van der Waals surface area contributed by atoms with Gasteiger partial charge in [-0.25, -0.2) is 14.1 Å². The van der Waals surface area contributed by atoms with Gasteiger partial charge in [0.2, 0.25) is 5.95 Å². The molecule has 2 aromatic heterocycles. The molecule has 0 saturated heterocycles. The minimum absolute atomic E-state index is 0.135. The van der Waals surface area contributed by atoms with Crippen molar-refractivity contribution in [2.75, 3.05) is 12.4 Å². The van der Waals surface area contributed by atoms with Crippen molar-refractivity contribution < 1.29 is 4.39 Å². The maximum absolute atomic E-state index is 13.7. The number of aryl methyl sites for hydroxylation is 1. The van der Waals surface area contributed by atoms with Gasteiger partial charge in [-0.1, -0.05) is 0 Å². The first-order valence-electron chi connectivity index (χ1n) is 4.97. The molecule has 2 rings (SSSR count). The third-order valence-electron chi connectivity index (χ3n) is 2.35. The number of rotatable bonds is 2. The molecule has 0 unspecified atom stereocenters. The summed E-state index contributed by atoms with van der Waals surface area (Å²) < 4.78 is 16.0. The lowest BCUT2D eigenvalue weighted by molar-refractivity contribution is 0.590. The highest BCUT2D eigenvalue weighted by Gasteiger charge is 2.15. The lowest BCUT2D eigenvalue weighted by Gasteiger charge is -2.06. The Morgan fingerprint density at radius 1 is 1.41 bits per heavy atom. The van der Waals surface area contributed by atoms with Crippen LogP contribution in [-0.2, 0) is 0 Å². The summed E-state index contributed by atoms with van der Waals surface area (Å²) in [6.07, 6.45) is 1.12. The molecule has 0 aliphatic carbocycles. The largest absolute Gasteiger partial charge is 0.357 e. The molecule has 0 saturated carbocycles. The predicted molar refractivity (Wildman–Crippen MR) is 65.8 cm³/mol. The highest BCUT2D eigenvalue weighted by molar-refractivity contribution is 9.10. The molecule has 0 aliphatic rings. The van der Waals surface area contributed by atoms with E-state index in [2.05, 4.69) is 36.3 Å². The Labute approximate surface area is 106 Å². The second-order valence-electron chi connectivity index (χ2n) is 3.51. The van der Waals surface area contributed by atoms with E-state index in [1.165, 1.54) is 4.68 Å². The molecule has 0 spiro atoms. The van der Waals surface area contributed by atoms with Gasteiger partial charge in [-0.15, -0.1) is 0 Å². The molecule has 0 radical (unpaired) electrons. The Morgan fingerprint density at radius 3 is 2.65 bits per heavy atom. The van der Waals surface area contributed by atoms with Crippen molar-refractivity contribution in [1.82, 2.24) is 19.7 Å². The standard InChI is InChI=1S/C10H11BrFN5/c1-5-8(11)6(2)17(16-5)9-7(12)4-14-10(13-3)15-9/h4H,1-3H3,(H,13,14,15). The number of nitrogens with zero attached hydrogens (tertiary/aromatic N) is 4. The highest BCUT2D eigenvalue weighted by atomic mass is 79.9. The average Bonchev–Trinajstić information content (AvgIpc) is 2.58. The summed E-state index contributed by atoms with van der Waals surface area (Å²) in [6, 6.07) is 0. The van der Waals surface area contributed by atoms with Crippen molar-refractivity contribution in [2.24, 2.45) is 0 Å². The average molecular weight is 300 g/mol. The smallest absolute Gasteiger partial charge is 0.224 e. The number of anilines is 1. The SMILES string of the molecule is CNc1ncc(F)c(-n2nc(C)c(Br)c2C)n1. The first-order valence-corrected chi connectivity index (χ1v) is 5.76. The Hall–Kier alpha value is -1.50. The molecule has 2 heterocycles. The summed E-state index contributed by atoms with van der Waals surface area (Å²) in [5.74, 6) is -0.0252. The monoisotopic (exact) mass is 299 g/mol. The number of halogens is 2. The first-order chi connectivity index (χ1) is 8.04. The second kappa shape index (κ2) is 4.40. The van der Waals surface area contributed by atoms with Gasteiger partial charge >= 0.3 is 0 Å². The van der Waals surface area contributed by atoms with Crippen molar-refractivity contribution in [2.45, 2.75) is 13.8 Å². The summed E-state index contributed by atoms with van der Waals surface area (Å²) in [5, 5.41) is 6.99. The van der Waals surface area contributed by atoms with Crippen molar-refractivity contribution in [3.8, 4) is 5.82 Å². The zero-order valence-corrected chi connectivity index (χ0v) is 11.2. The zero-order chi connectivity index (χ0) is 12.6. The molecule has 90 valence electrons. The molecule has 0 aromatic carbocycles. The fraction of sp³-hybridized carbons (Fsp3) is 0.300. The van der Waals surface area contributed by atoms with Crippen LogP contribution in [0.4, 0.5) is 10.3 Å². The molecular formula is C10H11BrFN5. The van der Waals surface area contributed by atoms with E-state index in [1.54, 1.807) is 7.05 Å². The van der Waals surface area contributed by atoms with Crippen LogP contribution in [-0.4, -0.2) is 26.8 Å². The molecule has 1 N–H and O–H groups in total. The van der Waals surface area contributed by atoms with Gasteiger partial charge in [-0.2, -0.15) is 10.1 Å². The van der Waals surface area contributed by atoms with E-state index in [9.17, 15) is 4.39 Å². The van der Waals surface area contributed by atoms with Crippen molar-refractivity contribution in [3.05, 3.63) is 27.9 Å². The van der Waals surface area contributed by atoms with Crippen LogP contribution < -0.4 is 5.32 Å². The number of hydrogen-bond donors (Lipinski definition) is 1. The van der Waals surface area contributed by atoms with Gasteiger partial charge in [0.15, 0.2) is 11.6 Å². The van der Waals surface area contributed by atoms with Crippen LogP contribution >= 0.6 is 15.9 Å². The quantitative estimate of drug-likeness (QED) is 0.924. The summed E-state index contributed by atoms with van der Waals surface area (Å²) >= 11 is 3.39. The van der Waals surface area contributed by atoms with Gasteiger partial charge in [-0.05, 0) is 29.8 Å². The van der Waals surface area contributed by atoms with E-state index in [1.807, 2.05) is 13.8 Å². The third-order valence-corrected chi connectivity index (χ3v) is 3.50. The van der Waals surface area contributed by atoms with E-state index in [0.717, 1.165) is 22.1 Å². The summed E-state index contributed by atoms with van der Waals surface area (Å²) in [4.78, 5) is 7.85. The Bertz CT molecular complexity index is 566. The van der Waals surface area contributed by atoms with Crippen LogP contribution in [0.25, 0.3) is 5.82 Å². The van der Waals surface area contributed by atoms with Gasteiger partial charge in [-0.3, -0.25) is 0 Å². The van der Waals surface area contributed by atoms with Crippen LogP contribution in [0, 0.1) is 19.7 Å². The topological polar surface area (TPSA) is 55.6 Å². The fourth-order valence-electron chi connectivity index (χ4n) is 1.46. The summed E-state index contributed by atoms with van der Waals surface area (Å²) in [6.45, 7) is 3.68. The molecule has 17 heavy (non-hydrogen) atoms. The number of hydrogen-bond acceptors (Lipinski definition) is 4. The van der Waals surface area contributed by atoms with E-state index in [4.69, 9.17) is 0 Å². The van der Waals surface area contributed by atoms with E-state index < -0.39 is 5.82 Å². The molecule has 0 bridgehead atoms. The van der Waals surface area contributed by atoms with Gasteiger partial charge in [0, 0.05) is 7.05 Å². The van der Waals surface area contributed by atoms with E-state index in [0.29, 0.717) is 5.95 Å². The van der Waals surface area contributed by atoms with Crippen LogP contribution in [0.3, 0.4) is 0 Å². The Balaban J connectivity index is 2.63. The summed E-state index contributed by atoms with van der Waals surface area (Å²) in [7, 11) is 1.67. The molecule has 0 aliphatic heterocycles. The molecule has 0 fully saturated rings. The van der Waals surface area contributed by atoms with Gasteiger partial charge in [0.1, 0.15) is 0 Å². The van der Waals surface area contributed by atoms with Crippen molar-refractivity contribution in [1.29, 1.82) is 0 Å². The van der Waals surface area contributed by atoms with Crippen molar-refractivity contribution in [3.63, 3.8) is 0 Å². The van der Waals surface area contributed by atoms with Crippen molar-refractivity contribution >= 4 is 21.9 Å². The first kappa shape index (κ1) is 12.0. The predicted octanol–water partition coefficient (Wildman–Crippen LogP) is 2.22. The van der Waals surface area contributed by atoms with Crippen LogP contribution in [0.1, 0.15) is 11.4 Å². The normalized spacial score (nSPS) is 10.6. The Kier molecular flexibility index (Phi) is 3.10. The van der Waals surface area contributed by atoms with Gasteiger partial charge in [0.05, 0.1) is 22.1 Å². The number of aromatic nitrogens is 4. The minimum atomic E-state index is -0.512. The van der Waals surface area contributed by atoms with E-state index in [-0.39, 0.29) is 5.82 Å². The molecule has 5 nitrogen and oxygen atoms in total. The van der Waals surface area contributed by atoms with Crippen LogP contribution in [0.2, 0.25) is 0 Å². The van der Waals surface area contributed by atoms with Crippen LogP contribution in [0.15, 0.2) is 10.7 Å². The zero-order valence-electron chi connectivity index (χ0n) is 9.62. The fourth-order valence-corrected chi connectivity index (χ4v) is 1.70. The molecule has 0 atom stereocenters. The third kappa shape index (κ3) is 2.02. The lowest BCUT2D eigenvalue weighted by atomic mass is 10.4. The maximum atomic E-state index is 13.7. The Morgan fingerprint density at radius 2 is 2.12 bits per heavy atom. The lowest BCUT2D eigenvalue weighted by Crippen LogP contribution is -2.08. The second-order valence-corrected chi connectivity index (χ2v) is 4.30. The summed E-state index contributed by atoms with van der Waals surface area (Å²) in [5.41, 5.74) is 1.58. The molecule has 0 amide bonds. The van der Waals surface area contributed by atoms with Crippen LogP contribution in [0.5, 0.6) is 0 Å². The molecule has 2 aromatic rings. The van der Waals surface area contributed by atoms with Gasteiger partial charge < -0.3 is 5.32 Å². The maximum Gasteiger partial charge on any atom is 0.224 e. The van der Waals surface area contributed by atoms with Gasteiger partial charge in [0.25, 0.3) is 0 Å². The number of nitrogens with one attached hydrogen (secondary N) is 1. The molecule has 7 heteroatoms. The highest BCUT2D eigenvalue weighted by Crippen LogP contribution is 2.23. The minimum Gasteiger partial charge on any atom is -0.357 e. The van der Waals surface area contributed by atoms with E-state index >= 15 is 0 Å². The molecular weight excluding hydrogens is 289 g/mol.